The first-order valence-electron chi connectivity index (χ1n) is 4.36. The molecule has 0 aliphatic rings. The summed E-state index contributed by atoms with van der Waals surface area (Å²) in [6.07, 6.45) is -0.526. The quantitative estimate of drug-likeness (QED) is 0.864. The lowest BCUT2D eigenvalue weighted by Gasteiger charge is -2.01. The molecule has 0 saturated carbocycles. The molecule has 0 bridgehead atoms. The Balaban J connectivity index is 2.34. The Kier molecular flexibility index (Phi) is 3.07. The van der Waals surface area contributed by atoms with E-state index in [0.29, 0.717) is 15.8 Å². The van der Waals surface area contributed by atoms with Crippen LogP contribution in [0.4, 0.5) is 14.9 Å². The van der Waals surface area contributed by atoms with Crippen molar-refractivity contribution >= 4 is 38.9 Å². The second-order valence-corrected chi connectivity index (χ2v) is 4.80. The van der Waals surface area contributed by atoms with Crippen LogP contribution in [0.15, 0.2) is 17.5 Å². The average Bonchev–Trinajstić information content (AvgIpc) is 2.87. The number of nitrogens with two attached hydrogens (primary N) is 1. The molecule has 0 saturated heterocycles. The first-order chi connectivity index (χ1) is 7.70. The maximum absolute atomic E-state index is 11.1. The Morgan fingerprint density at radius 2 is 2.44 bits per heavy atom. The summed E-state index contributed by atoms with van der Waals surface area (Å²) >= 11 is 2.75. The van der Waals surface area contributed by atoms with E-state index in [1.807, 2.05) is 17.5 Å². The Morgan fingerprint density at radius 1 is 1.62 bits per heavy atom. The lowest BCUT2D eigenvalue weighted by Crippen LogP contribution is -2.10. The number of thiazole rings is 1. The minimum atomic E-state index is -0.526. The third-order valence-electron chi connectivity index (χ3n) is 1.80. The van der Waals surface area contributed by atoms with E-state index in [9.17, 15) is 4.79 Å². The number of carbonyl (C=O) groups excluding carboxylic acids is 1. The van der Waals surface area contributed by atoms with E-state index >= 15 is 0 Å². The molecule has 16 heavy (non-hydrogen) atoms. The fraction of sp³-hybridized carbons (Fsp3) is 0.111. The standard InChI is InChI=1S/C9H9N3O2S2/c1-14-9(13)12-7-6(11-8(10)16-7)5-3-2-4-15-5/h2-4H,1H3,(H2,10,11)(H,12,13). The van der Waals surface area contributed by atoms with Gasteiger partial charge in [0, 0.05) is 0 Å². The number of hydrogen-bond acceptors (Lipinski definition) is 6. The van der Waals surface area contributed by atoms with Gasteiger partial charge in [-0.15, -0.1) is 11.3 Å². The minimum absolute atomic E-state index is 0.412. The molecule has 2 aromatic rings. The fourth-order valence-corrected chi connectivity index (χ4v) is 2.66. The Labute approximate surface area is 99.9 Å². The number of hydrogen-bond donors (Lipinski definition) is 2. The zero-order chi connectivity index (χ0) is 11.5. The van der Waals surface area contributed by atoms with E-state index < -0.39 is 6.09 Å². The van der Waals surface area contributed by atoms with Gasteiger partial charge < -0.3 is 10.5 Å². The van der Waals surface area contributed by atoms with E-state index in [2.05, 4.69) is 15.0 Å². The van der Waals surface area contributed by atoms with Crippen LogP contribution in [0.25, 0.3) is 10.6 Å². The number of rotatable bonds is 2. The molecule has 0 atom stereocenters. The van der Waals surface area contributed by atoms with E-state index in [-0.39, 0.29) is 0 Å². The van der Waals surface area contributed by atoms with Crippen LogP contribution in [0.2, 0.25) is 0 Å². The number of thiophene rings is 1. The molecule has 3 N–H and O–H groups in total. The number of aromatic nitrogens is 1. The van der Waals surface area contributed by atoms with E-state index in [1.54, 1.807) is 0 Å². The van der Waals surface area contributed by atoms with Gasteiger partial charge in [-0.3, -0.25) is 5.32 Å². The second-order valence-electron chi connectivity index (χ2n) is 2.82. The van der Waals surface area contributed by atoms with Crippen LogP contribution in [0.3, 0.4) is 0 Å². The molecular weight excluding hydrogens is 246 g/mol. The molecule has 0 fully saturated rings. The van der Waals surface area contributed by atoms with Crippen molar-refractivity contribution in [2.75, 3.05) is 18.2 Å². The van der Waals surface area contributed by atoms with Crippen molar-refractivity contribution in [2.24, 2.45) is 0 Å². The van der Waals surface area contributed by atoms with Gasteiger partial charge >= 0.3 is 6.09 Å². The number of nitrogens with zero attached hydrogens (tertiary/aromatic N) is 1. The number of methoxy groups -OCH3 is 1. The summed E-state index contributed by atoms with van der Waals surface area (Å²) in [7, 11) is 1.31. The van der Waals surface area contributed by atoms with Gasteiger partial charge in [0.05, 0.1) is 12.0 Å². The SMILES string of the molecule is COC(=O)Nc1sc(N)nc1-c1cccs1. The number of nitrogens with one attached hydrogen (secondary N) is 1. The lowest BCUT2D eigenvalue weighted by molar-refractivity contribution is 0.187. The minimum Gasteiger partial charge on any atom is -0.453 e. The van der Waals surface area contributed by atoms with Gasteiger partial charge in [0.2, 0.25) is 0 Å². The molecule has 0 radical (unpaired) electrons. The van der Waals surface area contributed by atoms with Gasteiger partial charge in [0.25, 0.3) is 0 Å². The number of anilines is 2. The number of nitrogen functional groups attached to an aromatic ring is 1. The predicted octanol–water partition coefficient (Wildman–Crippen LogP) is 2.63. The van der Waals surface area contributed by atoms with Crippen molar-refractivity contribution in [1.82, 2.24) is 4.98 Å². The number of amides is 1. The maximum atomic E-state index is 11.1. The Morgan fingerprint density at radius 3 is 3.06 bits per heavy atom. The van der Waals surface area contributed by atoms with Crippen LogP contribution in [-0.2, 0) is 4.74 Å². The molecule has 0 unspecified atom stereocenters. The van der Waals surface area contributed by atoms with E-state index in [1.165, 1.54) is 29.8 Å². The monoisotopic (exact) mass is 255 g/mol. The van der Waals surface area contributed by atoms with E-state index in [4.69, 9.17) is 5.73 Å². The highest BCUT2D eigenvalue weighted by molar-refractivity contribution is 7.20. The van der Waals surface area contributed by atoms with Crippen LogP contribution in [0, 0.1) is 0 Å². The largest absolute Gasteiger partial charge is 0.453 e. The zero-order valence-electron chi connectivity index (χ0n) is 8.39. The molecule has 1 amide bonds. The van der Waals surface area contributed by atoms with Gasteiger partial charge in [-0.2, -0.15) is 0 Å². The van der Waals surface area contributed by atoms with Crippen molar-refractivity contribution in [3.05, 3.63) is 17.5 Å². The van der Waals surface area contributed by atoms with Crippen LogP contribution < -0.4 is 11.1 Å². The molecule has 0 aliphatic carbocycles. The molecule has 2 aromatic heterocycles. The highest BCUT2D eigenvalue weighted by atomic mass is 32.1. The first-order valence-corrected chi connectivity index (χ1v) is 6.05. The molecule has 7 heteroatoms. The van der Waals surface area contributed by atoms with Crippen molar-refractivity contribution in [3.63, 3.8) is 0 Å². The molecule has 2 heterocycles. The van der Waals surface area contributed by atoms with Crippen molar-refractivity contribution in [3.8, 4) is 10.6 Å². The van der Waals surface area contributed by atoms with Gasteiger partial charge in [0.15, 0.2) is 5.13 Å². The third kappa shape index (κ3) is 2.15. The molecule has 84 valence electrons. The summed E-state index contributed by atoms with van der Waals surface area (Å²) in [6.45, 7) is 0. The maximum Gasteiger partial charge on any atom is 0.412 e. The van der Waals surface area contributed by atoms with Crippen LogP contribution >= 0.6 is 22.7 Å². The van der Waals surface area contributed by atoms with Crippen LogP contribution in [0.5, 0.6) is 0 Å². The van der Waals surface area contributed by atoms with Crippen LogP contribution in [0.1, 0.15) is 0 Å². The highest BCUT2D eigenvalue weighted by Crippen LogP contribution is 2.36. The normalized spacial score (nSPS) is 10.1. The average molecular weight is 255 g/mol. The summed E-state index contributed by atoms with van der Waals surface area (Å²) in [5, 5.41) is 5.54. The predicted molar refractivity (Wildman–Crippen MR) is 65.9 cm³/mol. The molecule has 0 aromatic carbocycles. The smallest absolute Gasteiger partial charge is 0.412 e. The highest BCUT2D eigenvalue weighted by Gasteiger charge is 2.14. The second kappa shape index (κ2) is 4.50. The number of ether oxygens (including phenoxy) is 1. The molecule has 5 nitrogen and oxygen atoms in total. The van der Waals surface area contributed by atoms with Crippen molar-refractivity contribution in [2.45, 2.75) is 0 Å². The van der Waals surface area contributed by atoms with Crippen molar-refractivity contribution < 1.29 is 9.53 Å². The topological polar surface area (TPSA) is 77.2 Å². The lowest BCUT2D eigenvalue weighted by atomic mass is 10.3. The van der Waals surface area contributed by atoms with Gasteiger partial charge in [0.1, 0.15) is 10.7 Å². The molecule has 0 aliphatic heterocycles. The molecule has 2 rings (SSSR count). The fourth-order valence-electron chi connectivity index (χ4n) is 1.15. The molecule has 0 spiro atoms. The van der Waals surface area contributed by atoms with Gasteiger partial charge in [-0.1, -0.05) is 17.4 Å². The van der Waals surface area contributed by atoms with Gasteiger partial charge in [-0.05, 0) is 11.4 Å². The van der Waals surface area contributed by atoms with Crippen LogP contribution in [-0.4, -0.2) is 18.2 Å². The summed E-state index contributed by atoms with van der Waals surface area (Å²) in [5.41, 5.74) is 6.31. The number of carbonyl (C=O) groups is 1. The third-order valence-corrected chi connectivity index (χ3v) is 3.48. The summed E-state index contributed by atoms with van der Waals surface area (Å²) < 4.78 is 4.53. The van der Waals surface area contributed by atoms with Crippen molar-refractivity contribution in [1.29, 1.82) is 0 Å². The Hall–Kier alpha value is -1.60. The Bertz CT molecular complexity index is 493. The van der Waals surface area contributed by atoms with E-state index in [0.717, 1.165) is 4.88 Å². The zero-order valence-corrected chi connectivity index (χ0v) is 10.0. The molecular formula is C9H9N3O2S2. The summed E-state index contributed by atoms with van der Waals surface area (Å²) in [5.74, 6) is 0. The van der Waals surface area contributed by atoms with Gasteiger partial charge in [-0.25, -0.2) is 9.78 Å². The summed E-state index contributed by atoms with van der Waals surface area (Å²) in [4.78, 5) is 16.3. The first kappa shape index (κ1) is 10.9. The summed E-state index contributed by atoms with van der Waals surface area (Å²) in [6, 6.07) is 3.83.